The Morgan fingerprint density at radius 2 is 1.78 bits per heavy atom. The number of carbonyl (C=O) groups is 4. The molecule has 46 heavy (non-hydrogen) atoms. The SMILES string of the molecule is COC(=O)CCCCCCC/C=C/C(=O)OC[C@@]1(C)CCC[C@@]2(C)[C@H]1[C@H](OC(=O)c1ccc([N+](=O)[O-])cc1)C=C1C(=O)OC[C@@]12O. The van der Waals surface area contributed by atoms with Gasteiger partial charge in [-0.15, -0.1) is 0 Å². The first-order chi connectivity index (χ1) is 21.8. The maximum absolute atomic E-state index is 13.3. The van der Waals surface area contributed by atoms with Gasteiger partial charge in [-0.1, -0.05) is 45.6 Å². The van der Waals surface area contributed by atoms with Crippen molar-refractivity contribution in [3.8, 4) is 0 Å². The van der Waals surface area contributed by atoms with Gasteiger partial charge < -0.3 is 24.1 Å². The summed E-state index contributed by atoms with van der Waals surface area (Å²) in [5.74, 6) is -2.68. The minimum atomic E-state index is -1.62. The van der Waals surface area contributed by atoms with Crippen molar-refractivity contribution in [3.63, 3.8) is 0 Å². The summed E-state index contributed by atoms with van der Waals surface area (Å²) in [6.45, 7) is 3.56. The summed E-state index contributed by atoms with van der Waals surface area (Å²) in [4.78, 5) is 60.4. The summed E-state index contributed by atoms with van der Waals surface area (Å²) in [6, 6.07) is 5.02. The van der Waals surface area contributed by atoms with Gasteiger partial charge in [-0.3, -0.25) is 14.9 Å². The van der Waals surface area contributed by atoms with Crippen LogP contribution >= 0.6 is 0 Å². The van der Waals surface area contributed by atoms with Crippen molar-refractivity contribution in [2.24, 2.45) is 16.7 Å². The van der Waals surface area contributed by atoms with Gasteiger partial charge in [0.25, 0.3) is 5.69 Å². The molecule has 3 aliphatic rings. The Morgan fingerprint density at radius 1 is 1.09 bits per heavy atom. The molecule has 1 aromatic rings. The van der Waals surface area contributed by atoms with Crippen molar-refractivity contribution >= 4 is 29.6 Å². The lowest BCUT2D eigenvalue weighted by atomic mass is 9.46. The molecule has 0 bridgehead atoms. The van der Waals surface area contributed by atoms with E-state index in [0.29, 0.717) is 32.1 Å². The molecule has 0 unspecified atom stereocenters. The van der Waals surface area contributed by atoms with Crippen LogP contribution in [-0.4, -0.2) is 65.9 Å². The molecule has 250 valence electrons. The zero-order chi connectivity index (χ0) is 33.5. The largest absolute Gasteiger partial charge is 0.469 e. The maximum Gasteiger partial charge on any atom is 0.338 e. The van der Waals surface area contributed by atoms with Crippen molar-refractivity contribution in [1.82, 2.24) is 0 Å². The summed E-state index contributed by atoms with van der Waals surface area (Å²) in [6.07, 6.45) is 11.2. The van der Waals surface area contributed by atoms with Crippen LogP contribution in [0, 0.1) is 26.9 Å². The van der Waals surface area contributed by atoms with E-state index in [4.69, 9.17) is 14.2 Å². The number of esters is 4. The molecule has 1 saturated carbocycles. The van der Waals surface area contributed by atoms with Gasteiger partial charge in [-0.25, -0.2) is 14.4 Å². The number of carbonyl (C=O) groups excluding carboxylic acids is 4. The van der Waals surface area contributed by atoms with Gasteiger partial charge in [0.05, 0.1) is 29.8 Å². The van der Waals surface area contributed by atoms with Crippen LogP contribution in [0.4, 0.5) is 5.69 Å². The highest BCUT2D eigenvalue weighted by Gasteiger charge is 2.68. The van der Waals surface area contributed by atoms with Gasteiger partial charge in [0.15, 0.2) is 0 Å². The molecule has 1 saturated heterocycles. The van der Waals surface area contributed by atoms with E-state index in [9.17, 15) is 34.4 Å². The summed E-state index contributed by atoms with van der Waals surface area (Å²) < 4.78 is 21.6. The van der Waals surface area contributed by atoms with Crippen LogP contribution in [0.3, 0.4) is 0 Å². The van der Waals surface area contributed by atoms with Gasteiger partial charge in [0.1, 0.15) is 18.3 Å². The predicted octanol–water partition coefficient (Wildman–Crippen LogP) is 5.16. The monoisotopic (exact) mass is 641 g/mol. The molecule has 12 nitrogen and oxygen atoms in total. The third kappa shape index (κ3) is 7.32. The molecule has 2 fully saturated rings. The van der Waals surface area contributed by atoms with Crippen molar-refractivity contribution in [2.45, 2.75) is 89.8 Å². The van der Waals surface area contributed by atoms with Crippen molar-refractivity contribution < 1.29 is 48.2 Å². The minimum absolute atomic E-state index is 0.00371. The first-order valence-corrected chi connectivity index (χ1v) is 15.8. The van der Waals surface area contributed by atoms with Gasteiger partial charge in [0, 0.05) is 41.4 Å². The van der Waals surface area contributed by atoms with Crippen LogP contribution in [0.25, 0.3) is 0 Å². The normalized spacial score (nSPS) is 28.4. The van der Waals surface area contributed by atoms with Gasteiger partial charge >= 0.3 is 23.9 Å². The number of allylic oxidation sites excluding steroid dienone is 1. The average molecular weight is 642 g/mol. The molecule has 1 heterocycles. The molecular formula is C34H43NO11. The zero-order valence-corrected chi connectivity index (χ0v) is 26.7. The van der Waals surface area contributed by atoms with Crippen molar-refractivity contribution in [3.05, 3.63) is 63.7 Å². The number of hydrogen-bond donors (Lipinski definition) is 1. The van der Waals surface area contributed by atoms with Crippen LogP contribution in [0.2, 0.25) is 0 Å². The Bertz CT molecular complexity index is 1390. The number of benzene rings is 1. The number of ether oxygens (including phenoxy) is 4. The van der Waals surface area contributed by atoms with E-state index >= 15 is 0 Å². The third-order valence-corrected chi connectivity index (χ3v) is 9.90. The topological polar surface area (TPSA) is 169 Å². The fourth-order valence-electron chi connectivity index (χ4n) is 7.40. The summed E-state index contributed by atoms with van der Waals surface area (Å²) in [5.41, 5.74) is -3.36. The highest BCUT2D eigenvalue weighted by Crippen LogP contribution is 2.63. The fraction of sp³-hybridized carbons (Fsp3) is 0.588. The van der Waals surface area contributed by atoms with Crippen LogP contribution < -0.4 is 0 Å². The Balaban J connectivity index is 1.43. The Labute approximate surface area is 268 Å². The predicted molar refractivity (Wildman–Crippen MR) is 164 cm³/mol. The number of methoxy groups -OCH3 is 1. The zero-order valence-electron chi connectivity index (χ0n) is 26.7. The summed E-state index contributed by atoms with van der Waals surface area (Å²) >= 11 is 0. The Kier molecular flexibility index (Phi) is 11.0. The number of non-ortho nitro benzene ring substituents is 1. The van der Waals surface area contributed by atoms with E-state index in [1.807, 2.05) is 13.8 Å². The number of cyclic esters (lactones) is 1. The Hall–Kier alpha value is -4.06. The second kappa shape index (κ2) is 14.6. The van der Waals surface area contributed by atoms with E-state index in [0.717, 1.165) is 32.1 Å². The minimum Gasteiger partial charge on any atom is -0.469 e. The molecule has 1 aliphatic heterocycles. The van der Waals surface area contributed by atoms with Crippen molar-refractivity contribution in [1.29, 1.82) is 0 Å². The number of rotatable bonds is 14. The molecule has 1 aromatic carbocycles. The smallest absolute Gasteiger partial charge is 0.338 e. The molecule has 0 spiro atoms. The standard InChI is InChI=1S/C34H43NO11/c1-32(21-44-28(37)13-10-8-6-4-5-7-9-12-27(36)43-3)18-11-19-33(2)29(32)26(20-25-31(39)45-22-34(25,33)40)46-30(38)23-14-16-24(17-15-23)35(41)42/h10,13-17,20,26,29,40H,4-9,11-12,18-19,21-22H2,1-3H3/b13-10+/t26-,29+,32-,33+,34-/m1/s1. The molecule has 2 aliphatic carbocycles. The van der Waals surface area contributed by atoms with E-state index in [1.54, 1.807) is 6.08 Å². The van der Waals surface area contributed by atoms with Gasteiger partial charge in [-0.05, 0) is 50.3 Å². The second-order valence-electron chi connectivity index (χ2n) is 13.0. The van der Waals surface area contributed by atoms with Gasteiger partial charge in [-0.2, -0.15) is 0 Å². The number of nitrogens with zero attached hydrogens (tertiary/aromatic N) is 1. The molecule has 0 amide bonds. The van der Waals surface area contributed by atoms with E-state index in [-0.39, 0.29) is 36.0 Å². The number of hydrogen-bond acceptors (Lipinski definition) is 11. The lowest BCUT2D eigenvalue weighted by Gasteiger charge is -2.60. The molecular weight excluding hydrogens is 598 g/mol. The highest BCUT2D eigenvalue weighted by atomic mass is 16.6. The Morgan fingerprint density at radius 3 is 2.48 bits per heavy atom. The first kappa shape index (κ1) is 34.8. The number of fused-ring (bicyclic) bond motifs is 3. The van der Waals surface area contributed by atoms with Gasteiger partial charge in [0.2, 0.25) is 0 Å². The number of aliphatic hydroxyl groups is 1. The molecule has 5 atom stereocenters. The third-order valence-electron chi connectivity index (χ3n) is 9.90. The quantitative estimate of drug-likeness (QED) is 0.0711. The average Bonchev–Trinajstić information content (AvgIpc) is 3.33. The van der Waals surface area contributed by atoms with Crippen molar-refractivity contribution in [2.75, 3.05) is 20.3 Å². The maximum atomic E-state index is 13.3. The van der Waals surface area contributed by atoms with E-state index < -0.39 is 51.3 Å². The summed E-state index contributed by atoms with van der Waals surface area (Å²) in [7, 11) is 1.38. The second-order valence-corrected chi connectivity index (χ2v) is 13.0. The molecule has 0 radical (unpaired) electrons. The summed E-state index contributed by atoms with van der Waals surface area (Å²) in [5, 5.41) is 23.0. The van der Waals surface area contributed by atoms with Crippen LogP contribution in [0.5, 0.6) is 0 Å². The molecule has 12 heteroatoms. The first-order valence-electron chi connectivity index (χ1n) is 15.8. The van der Waals surface area contributed by atoms with Crippen LogP contribution in [-0.2, 0) is 33.3 Å². The highest BCUT2D eigenvalue weighted by molar-refractivity contribution is 5.94. The lowest BCUT2D eigenvalue weighted by Crippen LogP contribution is -2.65. The number of nitro benzene ring substituents is 1. The molecule has 4 rings (SSSR count). The van der Waals surface area contributed by atoms with Crippen LogP contribution in [0.1, 0.15) is 88.4 Å². The molecule has 1 N–H and O–H groups in total. The van der Waals surface area contributed by atoms with E-state index in [1.165, 1.54) is 43.5 Å². The number of nitro groups is 1. The van der Waals surface area contributed by atoms with E-state index in [2.05, 4.69) is 4.74 Å². The lowest BCUT2D eigenvalue weighted by molar-refractivity contribution is -0.384. The van der Waals surface area contributed by atoms with Crippen LogP contribution in [0.15, 0.2) is 48.1 Å². The fourth-order valence-corrected chi connectivity index (χ4v) is 7.40. The number of unbranched alkanes of at least 4 members (excludes halogenated alkanes) is 5. The molecule has 0 aromatic heterocycles.